The Morgan fingerprint density at radius 3 is 2.83 bits per heavy atom. The number of sulfone groups is 1. The molecule has 1 aliphatic rings. The zero-order chi connectivity index (χ0) is 16.4. The molecule has 1 amide bonds. The SMILES string of the molecule is CCN(C(=O)CCc1nc2ccccc2s1)C1CCS(=O)(=O)C1. The van der Waals surface area contributed by atoms with Crippen LogP contribution in [-0.2, 0) is 21.1 Å². The lowest BCUT2D eigenvalue weighted by Gasteiger charge is -2.26. The van der Waals surface area contributed by atoms with E-state index in [4.69, 9.17) is 0 Å². The summed E-state index contributed by atoms with van der Waals surface area (Å²) in [5, 5.41) is 0.953. The fourth-order valence-corrected chi connectivity index (χ4v) is 5.74. The van der Waals surface area contributed by atoms with Gasteiger partial charge < -0.3 is 4.90 Å². The minimum atomic E-state index is -2.97. The lowest BCUT2D eigenvalue weighted by Crippen LogP contribution is -2.41. The molecule has 1 aromatic heterocycles. The molecular formula is C16H20N2O3S2. The number of aryl methyl sites for hydroxylation is 1. The van der Waals surface area contributed by atoms with Gasteiger partial charge in [0, 0.05) is 25.4 Å². The fourth-order valence-electron chi connectivity index (χ4n) is 3.04. The Balaban J connectivity index is 1.63. The first-order valence-electron chi connectivity index (χ1n) is 7.83. The van der Waals surface area contributed by atoms with Gasteiger partial charge in [0.1, 0.15) is 0 Å². The Hall–Kier alpha value is -1.47. The van der Waals surface area contributed by atoms with E-state index in [9.17, 15) is 13.2 Å². The lowest BCUT2D eigenvalue weighted by atomic mass is 10.2. The third kappa shape index (κ3) is 3.72. The van der Waals surface area contributed by atoms with E-state index < -0.39 is 9.84 Å². The number of hydrogen-bond acceptors (Lipinski definition) is 5. The highest BCUT2D eigenvalue weighted by atomic mass is 32.2. The van der Waals surface area contributed by atoms with Gasteiger partial charge in [-0.1, -0.05) is 12.1 Å². The molecule has 2 aromatic rings. The van der Waals surface area contributed by atoms with Crippen LogP contribution in [0.25, 0.3) is 10.2 Å². The lowest BCUT2D eigenvalue weighted by molar-refractivity contribution is -0.132. The predicted molar refractivity (Wildman–Crippen MR) is 92.4 cm³/mol. The first-order chi connectivity index (χ1) is 11.0. The summed E-state index contributed by atoms with van der Waals surface area (Å²) in [4.78, 5) is 18.7. The summed E-state index contributed by atoms with van der Waals surface area (Å²) in [7, 11) is -2.97. The molecule has 0 spiro atoms. The molecule has 1 saturated heterocycles. The van der Waals surface area contributed by atoms with E-state index in [0.717, 1.165) is 15.2 Å². The largest absolute Gasteiger partial charge is 0.339 e. The van der Waals surface area contributed by atoms with Crippen LogP contribution in [0.3, 0.4) is 0 Å². The van der Waals surface area contributed by atoms with Crippen molar-refractivity contribution < 1.29 is 13.2 Å². The molecule has 1 fully saturated rings. The Kier molecular flexibility index (Phi) is 4.68. The average molecular weight is 352 g/mol. The molecule has 3 rings (SSSR count). The number of aromatic nitrogens is 1. The maximum Gasteiger partial charge on any atom is 0.223 e. The summed E-state index contributed by atoms with van der Waals surface area (Å²) in [5.74, 6) is 0.321. The first-order valence-corrected chi connectivity index (χ1v) is 10.5. The number of thiazole rings is 1. The van der Waals surface area contributed by atoms with Crippen LogP contribution in [0, 0.1) is 0 Å². The van der Waals surface area contributed by atoms with E-state index in [1.807, 2.05) is 31.2 Å². The molecule has 124 valence electrons. The van der Waals surface area contributed by atoms with Crippen LogP contribution >= 0.6 is 11.3 Å². The van der Waals surface area contributed by atoms with Crippen molar-refractivity contribution >= 4 is 37.3 Å². The highest BCUT2D eigenvalue weighted by Crippen LogP contribution is 2.23. The fraction of sp³-hybridized carbons (Fsp3) is 0.500. The van der Waals surface area contributed by atoms with Gasteiger partial charge in [0.25, 0.3) is 0 Å². The Labute approximate surface area is 140 Å². The van der Waals surface area contributed by atoms with Crippen molar-refractivity contribution in [3.05, 3.63) is 29.3 Å². The Bertz CT molecular complexity index is 781. The molecule has 0 bridgehead atoms. The maximum atomic E-state index is 12.5. The van der Waals surface area contributed by atoms with Crippen LogP contribution in [0.4, 0.5) is 0 Å². The van der Waals surface area contributed by atoms with Crippen molar-refractivity contribution in [2.75, 3.05) is 18.1 Å². The molecule has 23 heavy (non-hydrogen) atoms. The normalized spacial score (nSPS) is 20.0. The number of benzene rings is 1. The van der Waals surface area contributed by atoms with Crippen LogP contribution in [0.1, 0.15) is 24.8 Å². The van der Waals surface area contributed by atoms with Gasteiger partial charge in [-0.15, -0.1) is 11.3 Å². The average Bonchev–Trinajstić information content (AvgIpc) is 3.08. The third-order valence-corrected chi connectivity index (χ3v) is 7.05. The molecule has 7 heteroatoms. The molecule has 2 heterocycles. The summed E-state index contributed by atoms with van der Waals surface area (Å²) >= 11 is 1.61. The van der Waals surface area contributed by atoms with Gasteiger partial charge in [-0.2, -0.15) is 0 Å². The standard InChI is InChI=1S/C16H20N2O3S2/c1-2-18(12-9-10-23(20,21)11-12)16(19)8-7-15-17-13-5-3-4-6-14(13)22-15/h3-6,12H,2,7-11H2,1H3. The smallest absolute Gasteiger partial charge is 0.223 e. The molecule has 0 N–H and O–H groups in total. The molecular weight excluding hydrogens is 332 g/mol. The van der Waals surface area contributed by atoms with Crippen LogP contribution in [0.5, 0.6) is 0 Å². The first kappa shape index (κ1) is 16.4. The Morgan fingerprint density at radius 2 is 2.17 bits per heavy atom. The monoisotopic (exact) mass is 352 g/mol. The van der Waals surface area contributed by atoms with Crippen molar-refractivity contribution in [2.24, 2.45) is 0 Å². The van der Waals surface area contributed by atoms with Gasteiger partial charge in [0.2, 0.25) is 5.91 Å². The number of carbonyl (C=O) groups is 1. The van der Waals surface area contributed by atoms with Crippen molar-refractivity contribution in [1.82, 2.24) is 9.88 Å². The molecule has 1 unspecified atom stereocenters. The highest BCUT2D eigenvalue weighted by molar-refractivity contribution is 7.91. The number of hydrogen-bond donors (Lipinski definition) is 0. The predicted octanol–water partition coefficient (Wildman–Crippen LogP) is 2.26. The minimum Gasteiger partial charge on any atom is -0.339 e. The van der Waals surface area contributed by atoms with Crippen LogP contribution in [0.15, 0.2) is 24.3 Å². The van der Waals surface area contributed by atoms with Gasteiger partial charge in [0.15, 0.2) is 9.84 Å². The van der Waals surface area contributed by atoms with Crippen LogP contribution < -0.4 is 0 Å². The van der Waals surface area contributed by atoms with Crippen LogP contribution in [0.2, 0.25) is 0 Å². The molecule has 5 nitrogen and oxygen atoms in total. The molecule has 1 atom stereocenters. The summed E-state index contributed by atoms with van der Waals surface area (Å²) < 4.78 is 24.4. The molecule has 1 aliphatic heterocycles. The number of amides is 1. The van der Waals surface area contributed by atoms with E-state index in [-0.39, 0.29) is 23.5 Å². The van der Waals surface area contributed by atoms with Crippen molar-refractivity contribution in [2.45, 2.75) is 32.2 Å². The summed E-state index contributed by atoms with van der Waals surface area (Å²) in [5.41, 5.74) is 0.967. The van der Waals surface area contributed by atoms with E-state index in [2.05, 4.69) is 4.98 Å². The zero-order valence-corrected chi connectivity index (χ0v) is 14.7. The van der Waals surface area contributed by atoms with Gasteiger partial charge in [-0.25, -0.2) is 13.4 Å². The number of carbonyl (C=O) groups excluding carboxylic acids is 1. The van der Waals surface area contributed by atoms with E-state index >= 15 is 0 Å². The number of fused-ring (bicyclic) bond motifs is 1. The molecule has 0 radical (unpaired) electrons. The molecule has 0 aliphatic carbocycles. The quantitative estimate of drug-likeness (QED) is 0.828. The number of nitrogens with zero attached hydrogens (tertiary/aromatic N) is 2. The topological polar surface area (TPSA) is 67.3 Å². The van der Waals surface area contributed by atoms with Gasteiger partial charge in [-0.05, 0) is 25.5 Å². The molecule has 1 aromatic carbocycles. The number of para-hydroxylation sites is 1. The van der Waals surface area contributed by atoms with E-state index in [1.165, 1.54) is 0 Å². The Morgan fingerprint density at radius 1 is 1.39 bits per heavy atom. The van der Waals surface area contributed by atoms with Crippen LogP contribution in [-0.4, -0.2) is 48.3 Å². The van der Waals surface area contributed by atoms with Crippen molar-refractivity contribution in [3.8, 4) is 0 Å². The number of rotatable bonds is 5. The summed E-state index contributed by atoms with van der Waals surface area (Å²) in [6.07, 6.45) is 1.54. The van der Waals surface area contributed by atoms with Gasteiger partial charge in [0.05, 0.1) is 26.7 Å². The molecule has 0 saturated carbocycles. The van der Waals surface area contributed by atoms with E-state index in [0.29, 0.717) is 25.8 Å². The highest BCUT2D eigenvalue weighted by Gasteiger charge is 2.33. The van der Waals surface area contributed by atoms with Crippen molar-refractivity contribution in [3.63, 3.8) is 0 Å². The zero-order valence-electron chi connectivity index (χ0n) is 13.1. The van der Waals surface area contributed by atoms with E-state index in [1.54, 1.807) is 16.2 Å². The second-order valence-electron chi connectivity index (χ2n) is 5.81. The summed E-state index contributed by atoms with van der Waals surface area (Å²) in [6, 6.07) is 7.78. The second-order valence-corrected chi connectivity index (χ2v) is 9.16. The minimum absolute atomic E-state index is 0.0221. The van der Waals surface area contributed by atoms with Crippen molar-refractivity contribution in [1.29, 1.82) is 0 Å². The van der Waals surface area contributed by atoms with Gasteiger partial charge >= 0.3 is 0 Å². The van der Waals surface area contributed by atoms with Gasteiger partial charge in [-0.3, -0.25) is 4.79 Å². The third-order valence-electron chi connectivity index (χ3n) is 4.20. The maximum absolute atomic E-state index is 12.5. The summed E-state index contributed by atoms with van der Waals surface area (Å²) in [6.45, 7) is 2.46. The second kappa shape index (κ2) is 6.57.